The summed E-state index contributed by atoms with van der Waals surface area (Å²) >= 11 is 0. The fraction of sp³-hybridized carbons (Fsp3) is 0.0500. The average Bonchev–Trinajstić information content (AvgIpc) is 2.62. The Hall–Kier alpha value is -3.47. The predicted molar refractivity (Wildman–Crippen MR) is 101 cm³/mol. The van der Waals surface area contributed by atoms with E-state index in [1.807, 2.05) is 60.7 Å². The average molecular weight is 333 g/mol. The van der Waals surface area contributed by atoms with Crippen molar-refractivity contribution < 1.29 is 9.53 Å². The topological polar surface area (TPSA) is 90.4 Å². The number of hydrogen-bond donors (Lipinski definition) is 3. The van der Waals surface area contributed by atoms with Crippen LogP contribution in [-0.2, 0) is 11.3 Å². The van der Waals surface area contributed by atoms with E-state index in [1.165, 1.54) is 0 Å². The highest BCUT2D eigenvalue weighted by Gasteiger charge is 2.13. The van der Waals surface area contributed by atoms with Crippen molar-refractivity contribution in [2.24, 2.45) is 0 Å². The number of rotatable bonds is 4. The molecule has 0 aliphatic rings. The molecule has 0 saturated carbocycles. The second-order valence-corrected chi connectivity index (χ2v) is 5.58. The Bertz CT molecular complexity index is 879. The van der Waals surface area contributed by atoms with Crippen LogP contribution >= 0.6 is 0 Å². The fourth-order valence-corrected chi connectivity index (χ4v) is 2.52. The first-order valence-electron chi connectivity index (χ1n) is 7.85. The van der Waals surface area contributed by atoms with Gasteiger partial charge >= 0.3 is 6.09 Å². The number of nitrogen functional groups attached to an aromatic ring is 2. The molecule has 3 aromatic carbocycles. The summed E-state index contributed by atoms with van der Waals surface area (Å²) in [7, 11) is 0. The summed E-state index contributed by atoms with van der Waals surface area (Å²) in [6.45, 7) is 0.188. The summed E-state index contributed by atoms with van der Waals surface area (Å²) in [5.41, 5.74) is 16.1. The maximum Gasteiger partial charge on any atom is 0.412 e. The van der Waals surface area contributed by atoms with Crippen molar-refractivity contribution in [3.05, 3.63) is 78.4 Å². The molecule has 5 nitrogen and oxygen atoms in total. The summed E-state index contributed by atoms with van der Waals surface area (Å²) in [6.07, 6.45) is -0.563. The highest BCUT2D eigenvalue weighted by Crippen LogP contribution is 2.33. The van der Waals surface area contributed by atoms with Gasteiger partial charge in [0.25, 0.3) is 0 Å². The standard InChI is InChI=1S/C20H19N3O2/c21-16-9-4-8-15(12-16)17-10-5-11-18(22)19(17)23-20(24)25-13-14-6-2-1-3-7-14/h1-12H,13,21-22H2,(H,23,24). The van der Waals surface area contributed by atoms with Crippen LogP contribution < -0.4 is 16.8 Å². The lowest BCUT2D eigenvalue weighted by molar-refractivity contribution is 0.155. The molecule has 126 valence electrons. The van der Waals surface area contributed by atoms with Crippen LogP contribution in [0.4, 0.5) is 21.9 Å². The van der Waals surface area contributed by atoms with Crippen molar-refractivity contribution in [3.8, 4) is 11.1 Å². The molecule has 25 heavy (non-hydrogen) atoms. The van der Waals surface area contributed by atoms with Crippen molar-refractivity contribution in [2.45, 2.75) is 6.61 Å². The smallest absolute Gasteiger partial charge is 0.412 e. The molecule has 0 atom stereocenters. The van der Waals surface area contributed by atoms with Gasteiger partial charge in [0.15, 0.2) is 0 Å². The number of nitrogens with one attached hydrogen (secondary N) is 1. The molecule has 5 heteroatoms. The van der Waals surface area contributed by atoms with Crippen LogP contribution in [0.3, 0.4) is 0 Å². The molecule has 1 amide bonds. The molecule has 0 unspecified atom stereocenters. The van der Waals surface area contributed by atoms with Crippen molar-refractivity contribution in [1.82, 2.24) is 0 Å². The number of hydrogen-bond acceptors (Lipinski definition) is 4. The Morgan fingerprint density at radius 1 is 0.920 bits per heavy atom. The van der Waals surface area contributed by atoms with Gasteiger partial charge in [-0.1, -0.05) is 54.6 Å². The SMILES string of the molecule is Nc1cccc(-c2cccc(N)c2NC(=O)OCc2ccccc2)c1. The van der Waals surface area contributed by atoms with Crippen LogP contribution in [0.25, 0.3) is 11.1 Å². The zero-order valence-corrected chi connectivity index (χ0v) is 13.6. The second kappa shape index (κ2) is 7.40. The van der Waals surface area contributed by atoms with Gasteiger partial charge in [-0.15, -0.1) is 0 Å². The van der Waals surface area contributed by atoms with Gasteiger partial charge in [0, 0.05) is 11.3 Å². The molecule has 0 spiro atoms. The molecule has 0 aromatic heterocycles. The molecule has 0 bridgehead atoms. The van der Waals surface area contributed by atoms with Crippen LogP contribution in [0.5, 0.6) is 0 Å². The van der Waals surface area contributed by atoms with E-state index in [9.17, 15) is 4.79 Å². The number of amides is 1. The van der Waals surface area contributed by atoms with Crippen LogP contribution in [-0.4, -0.2) is 6.09 Å². The third kappa shape index (κ3) is 4.09. The number of anilines is 3. The van der Waals surface area contributed by atoms with Gasteiger partial charge in [0.1, 0.15) is 6.61 Å². The van der Waals surface area contributed by atoms with Gasteiger partial charge in [-0.2, -0.15) is 0 Å². The Morgan fingerprint density at radius 2 is 1.68 bits per heavy atom. The van der Waals surface area contributed by atoms with E-state index in [1.54, 1.807) is 12.1 Å². The third-order valence-electron chi connectivity index (χ3n) is 3.73. The van der Waals surface area contributed by atoms with Crippen molar-refractivity contribution in [3.63, 3.8) is 0 Å². The lowest BCUT2D eigenvalue weighted by Crippen LogP contribution is -2.15. The summed E-state index contributed by atoms with van der Waals surface area (Å²) < 4.78 is 5.27. The Balaban J connectivity index is 1.79. The molecule has 0 radical (unpaired) electrons. The summed E-state index contributed by atoms with van der Waals surface area (Å²) in [5.74, 6) is 0. The van der Waals surface area contributed by atoms with Gasteiger partial charge in [0.05, 0.1) is 11.4 Å². The quantitative estimate of drug-likeness (QED) is 0.622. The third-order valence-corrected chi connectivity index (χ3v) is 3.73. The van der Waals surface area contributed by atoms with Crippen molar-refractivity contribution in [2.75, 3.05) is 16.8 Å². The lowest BCUT2D eigenvalue weighted by atomic mass is 10.0. The normalized spacial score (nSPS) is 10.2. The Labute approximate surface area is 146 Å². The first-order valence-corrected chi connectivity index (χ1v) is 7.85. The van der Waals surface area contributed by atoms with E-state index in [0.29, 0.717) is 17.1 Å². The zero-order chi connectivity index (χ0) is 17.6. The van der Waals surface area contributed by atoms with E-state index >= 15 is 0 Å². The Morgan fingerprint density at radius 3 is 2.44 bits per heavy atom. The van der Waals surface area contributed by atoms with Crippen LogP contribution in [0, 0.1) is 0 Å². The molecule has 0 fully saturated rings. The van der Waals surface area contributed by atoms with E-state index in [-0.39, 0.29) is 6.61 Å². The highest BCUT2D eigenvalue weighted by atomic mass is 16.5. The van der Waals surface area contributed by atoms with Crippen molar-refractivity contribution in [1.29, 1.82) is 0 Å². The second-order valence-electron chi connectivity index (χ2n) is 5.58. The van der Waals surface area contributed by atoms with E-state index in [4.69, 9.17) is 16.2 Å². The molecule has 0 aliphatic carbocycles. The van der Waals surface area contributed by atoms with Gasteiger partial charge in [-0.05, 0) is 29.3 Å². The molecule has 5 N–H and O–H groups in total. The predicted octanol–water partition coefficient (Wildman–Crippen LogP) is 4.27. The Kier molecular flexibility index (Phi) is 4.85. The number of nitrogens with two attached hydrogens (primary N) is 2. The van der Waals surface area contributed by atoms with Crippen LogP contribution in [0.15, 0.2) is 72.8 Å². The first kappa shape index (κ1) is 16.4. The van der Waals surface area contributed by atoms with Crippen molar-refractivity contribution >= 4 is 23.2 Å². The number of para-hydroxylation sites is 1. The van der Waals surface area contributed by atoms with E-state index < -0.39 is 6.09 Å². The zero-order valence-electron chi connectivity index (χ0n) is 13.6. The maximum absolute atomic E-state index is 12.2. The lowest BCUT2D eigenvalue weighted by Gasteiger charge is -2.14. The largest absolute Gasteiger partial charge is 0.444 e. The fourth-order valence-electron chi connectivity index (χ4n) is 2.52. The molecule has 0 saturated heterocycles. The van der Waals surface area contributed by atoms with Gasteiger partial charge in [0.2, 0.25) is 0 Å². The monoisotopic (exact) mass is 333 g/mol. The minimum atomic E-state index is -0.563. The minimum absolute atomic E-state index is 0.188. The van der Waals surface area contributed by atoms with Gasteiger partial charge in [-0.3, -0.25) is 5.32 Å². The van der Waals surface area contributed by atoms with E-state index in [0.717, 1.165) is 16.7 Å². The summed E-state index contributed by atoms with van der Waals surface area (Å²) in [4.78, 5) is 12.2. The highest BCUT2D eigenvalue weighted by molar-refractivity contribution is 5.97. The number of carbonyl (C=O) groups excluding carboxylic acids is 1. The summed E-state index contributed by atoms with van der Waals surface area (Å²) in [6, 6.07) is 22.3. The van der Waals surface area contributed by atoms with E-state index in [2.05, 4.69) is 5.32 Å². The number of benzene rings is 3. The molecule has 3 rings (SSSR count). The molecule has 0 heterocycles. The molecular formula is C20H19N3O2. The number of ether oxygens (including phenoxy) is 1. The first-order chi connectivity index (χ1) is 12.1. The van der Waals surface area contributed by atoms with Crippen LogP contribution in [0.1, 0.15) is 5.56 Å². The summed E-state index contributed by atoms with van der Waals surface area (Å²) in [5, 5.41) is 2.74. The molecular weight excluding hydrogens is 314 g/mol. The minimum Gasteiger partial charge on any atom is -0.444 e. The molecule has 0 aliphatic heterocycles. The maximum atomic E-state index is 12.2. The molecule has 3 aromatic rings. The van der Waals surface area contributed by atoms with Gasteiger partial charge in [-0.25, -0.2) is 4.79 Å². The number of carbonyl (C=O) groups is 1. The van der Waals surface area contributed by atoms with Gasteiger partial charge < -0.3 is 16.2 Å². The van der Waals surface area contributed by atoms with Crippen LogP contribution in [0.2, 0.25) is 0 Å².